The van der Waals surface area contributed by atoms with Crippen LogP contribution in [-0.2, 0) is 6.54 Å². The molecule has 1 aromatic carbocycles. The van der Waals surface area contributed by atoms with Crippen LogP contribution in [-0.4, -0.2) is 21.6 Å². The smallest absolute Gasteiger partial charge is 0.241 e. The van der Waals surface area contributed by atoms with Gasteiger partial charge in [-0.2, -0.15) is 4.98 Å². The van der Waals surface area contributed by atoms with Crippen LogP contribution in [0.25, 0.3) is 11.6 Å². The first-order chi connectivity index (χ1) is 10.9. The lowest BCUT2D eigenvalue weighted by Gasteiger charge is -2.22. The van der Waals surface area contributed by atoms with Gasteiger partial charge in [-0.05, 0) is 37.1 Å². The topological polar surface area (TPSA) is 55.3 Å². The van der Waals surface area contributed by atoms with Crippen LogP contribution < -0.4 is 0 Å². The number of likely N-dealkylation sites (tertiary alicyclic amines) is 1. The van der Waals surface area contributed by atoms with Gasteiger partial charge in [0, 0.05) is 6.04 Å². The molecule has 0 saturated carbocycles. The first kappa shape index (κ1) is 13.3. The number of hydrogen-bond donors (Lipinski definition) is 0. The molecule has 112 valence electrons. The molecule has 4 rings (SSSR count). The van der Waals surface area contributed by atoms with E-state index in [1.807, 2.05) is 12.1 Å². The van der Waals surface area contributed by atoms with Gasteiger partial charge in [0.25, 0.3) is 0 Å². The summed E-state index contributed by atoms with van der Waals surface area (Å²) < 4.78 is 10.7. The molecule has 2 aromatic heterocycles. The van der Waals surface area contributed by atoms with E-state index in [1.54, 1.807) is 6.26 Å². The Morgan fingerprint density at radius 2 is 2.05 bits per heavy atom. The Morgan fingerprint density at radius 3 is 2.86 bits per heavy atom. The van der Waals surface area contributed by atoms with E-state index in [0.29, 0.717) is 30.1 Å². The standard InChI is InChI=1S/C17H17N3O2/c1-2-6-13(7-3-1)14-8-4-10-20(14)12-16-18-17(19-22-16)15-9-5-11-21-15/h1-3,5-7,9,11,14H,4,8,10,12H2. The van der Waals surface area contributed by atoms with Crippen LogP contribution in [0.3, 0.4) is 0 Å². The molecule has 0 bridgehead atoms. The third-order valence-electron chi connectivity index (χ3n) is 4.10. The largest absolute Gasteiger partial charge is 0.461 e. The van der Waals surface area contributed by atoms with Crippen molar-refractivity contribution in [1.82, 2.24) is 15.0 Å². The molecule has 1 unspecified atom stereocenters. The predicted molar refractivity (Wildman–Crippen MR) is 80.8 cm³/mol. The van der Waals surface area contributed by atoms with Crippen LogP contribution in [0.5, 0.6) is 0 Å². The first-order valence-corrected chi connectivity index (χ1v) is 7.55. The summed E-state index contributed by atoms with van der Waals surface area (Å²) in [6, 6.07) is 14.7. The van der Waals surface area contributed by atoms with E-state index < -0.39 is 0 Å². The van der Waals surface area contributed by atoms with E-state index in [9.17, 15) is 0 Å². The van der Waals surface area contributed by atoms with Crippen LogP contribution >= 0.6 is 0 Å². The summed E-state index contributed by atoms with van der Waals surface area (Å²) in [5, 5.41) is 3.99. The third kappa shape index (κ3) is 2.55. The van der Waals surface area contributed by atoms with Gasteiger partial charge in [-0.1, -0.05) is 35.5 Å². The maximum absolute atomic E-state index is 5.37. The highest BCUT2D eigenvalue weighted by molar-refractivity contribution is 5.44. The van der Waals surface area contributed by atoms with Crippen molar-refractivity contribution in [2.24, 2.45) is 0 Å². The number of furan rings is 1. The van der Waals surface area contributed by atoms with Crippen molar-refractivity contribution >= 4 is 0 Å². The highest BCUT2D eigenvalue weighted by Crippen LogP contribution is 2.32. The van der Waals surface area contributed by atoms with Crippen LogP contribution in [0, 0.1) is 0 Å². The lowest BCUT2D eigenvalue weighted by molar-refractivity contribution is 0.212. The SMILES string of the molecule is c1ccc(C2CCCN2Cc2nc(-c3ccco3)no2)cc1. The monoisotopic (exact) mass is 295 g/mol. The van der Waals surface area contributed by atoms with Gasteiger partial charge in [-0.25, -0.2) is 0 Å². The molecular formula is C17H17N3O2. The summed E-state index contributed by atoms with van der Waals surface area (Å²) >= 11 is 0. The number of aromatic nitrogens is 2. The van der Waals surface area contributed by atoms with Gasteiger partial charge in [0.2, 0.25) is 11.7 Å². The molecule has 0 N–H and O–H groups in total. The Morgan fingerprint density at radius 1 is 1.14 bits per heavy atom. The summed E-state index contributed by atoms with van der Waals surface area (Å²) in [6.07, 6.45) is 3.97. The molecule has 0 aliphatic carbocycles. The molecule has 5 heteroatoms. The molecule has 1 saturated heterocycles. The van der Waals surface area contributed by atoms with Crippen LogP contribution in [0.1, 0.15) is 30.3 Å². The zero-order valence-electron chi connectivity index (χ0n) is 12.2. The molecule has 0 radical (unpaired) electrons. The fraction of sp³-hybridized carbons (Fsp3) is 0.294. The Hall–Kier alpha value is -2.40. The number of rotatable bonds is 4. The summed E-state index contributed by atoms with van der Waals surface area (Å²) in [6.45, 7) is 1.73. The second kappa shape index (κ2) is 5.77. The van der Waals surface area contributed by atoms with Crippen molar-refractivity contribution in [3.05, 3.63) is 60.2 Å². The van der Waals surface area contributed by atoms with E-state index in [1.165, 1.54) is 18.4 Å². The number of nitrogens with zero attached hydrogens (tertiary/aromatic N) is 3. The van der Waals surface area contributed by atoms with E-state index in [4.69, 9.17) is 8.94 Å². The minimum Gasteiger partial charge on any atom is -0.461 e. The Bertz CT molecular complexity index is 721. The molecule has 1 aliphatic rings. The third-order valence-corrected chi connectivity index (χ3v) is 4.10. The maximum Gasteiger partial charge on any atom is 0.241 e. The summed E-state index contributed by atoms with van der Waals surface area (Å²) in [7, 11) is 0. The highest BCUT2D eigenvalue weighted by atomic mass is 16.5. The second-order valence-corrected chi connectivity index (χ2v) is 5.53. The fourth-order valence-electron chi connectivity index (χ4n) is 3.07. The van der Waals surface area contributed by atoms with Crippen molar-refractivity contribution in [2.45, 2.75) is 25.4 Å². The number of benzene rings is 1. The molecule has 1 aliphatic heterocycles. The summed E-state index contributed by atoms with van der Waals surface area (Å²) in [4.78, 5) is 6.83. The fourth-order valence-corrected chi connectivity index (χ4v) is 3.07. The first-order valence-electron chi connectivity index (χ1n) is 7.55. The Balaban J connectivity index is 1.51. The Labute approximate surface area is 128 Å². The van der Waals surface area contributed by atoms with E-state index in [0.717, 1.165) is 6.54 Å². The van der Waals surface area contributed by atoms with E-state index >= 15 is 0 Å². The lowest BCUT2D eigenvalue weighted by atomic mass is 10.0. The van der Waals surface area contributed by atoms with Gasteiger partial charge in [0.05, 0.1) is 12.8 Å². The van der Waals surface area contributed by atoms with Crippen LogP contribution in [0.4, 0.5) is 0 Å². The quantitative estimate of drug-likeness (QED) is 0.735. The van der Waals surface area contributed by atoms with Crippen molar-refractivity contribution in [3.8, 4) is 11.6 Å². The molecule has 0 amide bonds. The molecule has 5 nitrogen and oxygen atoms in total. The zero-order valence-corrected chi connectivity index (χ0v) is 12.2. The van der Waals surface area contributed by atoms with Crippen molar-refractivity contribution in [3.63, 3.8) is 0 Å². The van der Waals surface area contributed by atoms with Crippen LogP contribution in [0.2, 0.25) is 0 Å². The van der Waals surface area contributed by atoms with E-state index in [2.05, 4.69) is 45.4 Å². The van der Waals surface area contributed by atoms with E-state index in [-0.39, 0.29) is 0 Å². The zero-order chi connectivity index (χ0) is 14.8. The second-order valence-electron chi connectivity index (χ2n) is 5.53. The van der Waals surface area contributed by atoms with Gasteiger partial charge in [0.15, 0.2) is 5.76 Å². The van der Waals surface area contributed by atoms with Gasteiger partial charge in [-0.3, -0.25) is 4.90 Å². The van der Waals surface area contributed by atoms with Crippen molar-refractivity contribution in [1.29, 1.82) is 0 Å². The predicted octanol–water partition coefficient (Wildman–Crippen LogP) is 3.67. The highest BCUT2D eigenvalue weighted by Gasteiger charge is 2.27. The lowest BCUT2D eigenvalue weighted by Crippen LogP contribution is -2.22. The van der Waals surface area contributed by atoms with Crippen molar-refractivity contribution < 1.29 is 8.94 Å². The maximum atomic E-state index is 5.37. The molecule has 0 spiro atoms. The number of hydrogen-bond acceptors (Lipinski definition) is 5. The van der Waals surface area contributed by atoms with Crippen LogP contribution in [0.15, 0.2) is 57.7 Å². The minimum absolute atomic E-state index is 0.431. The normalized spacial score (nSPS) is 18.8. The average Bonchev–Trinajstić information content (AvgIpc) is 3.30. The summed E-state index contributed by atoms with van der Waals surface area (Å²) in [5.41, 5.74) is 1.35. The molecule has 3 aromatic rings. The molecule has 3 heterocycles. The van der Waals surface area contributed by atoms with Gasteiger partial charge in [-0.15, -0.1) is 0 Å². The average molecular weight is 295 g/mol. The van der Waals surface area contributed by atoms with Gasteiger partial charge < -0.3 is 8.94 Å². The molecular weight excluding hydrogens is 278 g/mol. The van der Waals surface area contributed by atoms with Crippen molar-refractivity contribution in [2.75, 3.05) is 6.54 Å². The minimum atomic E-state index is 0.431. The van der Waals surface area contributed by atoms with Gasteiger partial charge >= 0.3 is 0 Å². The molecule has 1 fully saturated rings. The molecule has 1 atom stereocenters. The Kier molecular flexibility index (Phi) is 3.48. The van der Waals surface area contributed by atoms with Gasteiger partial charge in [0.1, 0.15) is 0 Å². The summed E-state index contributed by atoms with van der Waals surface area (Å²) in [5.74, 6) is 1.78. The molecule has 22 heavy (non-hydrogen) atoms.